The van der Waals surface area contributed by atoms with Crippen molar-refractivity contribution in [1.29, 1.82) is 0 Å². The van der Waals surface area contributed by atoms with Crippen molar-refractivity contribution in [2.75, 3.05) is 5.32 Å². The van der Waals surface area contributed by atoms with Crippen LogP contribution in [0.5, 0.6) is 5.88 Å². The molecular weight excluding hydrogens is 723 g/mol. The van der Waals surface area contributed by atoms with E-state index in [1.807, 2.05) is 97.9 Å². The Morgan fingerprint density at radius 3 is 1.85 bits per heavy atom. The molecule has 5 aromatic rings. The zero-order valence-corrected chi connectivity index (χ0v) is 34.5. The molecule has 3 aliphatic rings. The van der Waals surface area contributed by atoms with E-state index in [4.69, 9.17) is 18.6 Å². The minimum Gasteiger partial charge on any atom is -0.444 e. The summed E-state index contributed by atoms with van der Waals surface area (Å²) in [7, 11) is -6.23. The number of rotatable bonds is 9. The number of carbonyl (C=O) groups is 1. The van der Waals surface area contributed by atoms with Crippen molar-refractivity contribution in [3.05, 3.63) is 142 Å². The first-order valence-electron chi connectivity index (χ1n) is 19.4. The van der Waals surface area contributed by atoms with Crippen molar-refractivity contribution >= 4 is 30.0 Å². The smallest absolute Gasteiger partial charge is 0.354 e. The van der Waals surface area contributed by atoms with E-state index in [0.717, 1.165) is 60.9 Å². The van der Waals surface area contributed by atoms with Crippen molar-refractivity contribution in [3.8, 4) is 5.88 Å². The summed E-state index contributed by atoms with van der Waals surface area (Å²) in [6.45, 7) is 13.1. The Balaban J connectivity index is 1.31. The van der Waals surface area contributed by atoms with E-state index in [0.29, 0.717) is 6.54 Å². The van der Waals surface area contributed by atoms with Gasteiger partial charge >= 0.3 is 6.03 Å². The number of ether oxygens (including phenoxy) is 1. The molecule has 2 heterocycles. The van der Waals surface area contributed by atoms with Crippen molar-refractivity contribution in [2.45, 2.75) is 107 Å². The zero-order chi connectivity index (χ0) is 38.6. The van der Waals surface area contributed by atoms with E-state index in [1.54, 1.807) is 4.68 Å². The maximum absolute atomic E-state index is 16.4. The van der Waals surface area contributed by atoms with Crippen LogP contribution in [0.4, 0.5) is 10.5 Å². The second-order valence-corrected chi connectivity index (χ2v) is 23.4. The molecule has 2 atom stereocenters. The Labute approximate surface area is 326 Å². The Morgan fingerprint density at radius 2 is 1.36 bits per heavy atom. The van der Waals surface area contributed by atoms with Crippen molar-refractivity contribution in [1.82, 2.24) is 14.5 Å². The van der Waals surface area contributed by atoms with Gasteiger partial charge in [0.1, 0.15) is 17.0 Å². The largest absolute Gasteiger partial charge is 0.444 e. The number of aryl methyl sites for hydroxylation is 2. The van der Waals surface area contributed by atoms with Gasteiger partial charge in [0.05, 0.1) is 6.20 Å². The predicted molar refractivity (Wildman–Crippen MR) is 220 cm³/mol. The number of nitrogens with one attached hydrogen (secondary N) is 2. The van der Waals surface area contributed by atoms with Crippen LogP contribution in [0.15, 0.2) is 113 Å². The third-order valence-electron chi connectivity index (χ3n) is 11.9. The monoisotopic (exact) mass is 773 g/mol. The summed E-state index contributed by atoms with van der Waals surface area (Å²) in [6.07, 6.45) is 7.37. The Morgan fingerprint density at radius 1 is 0.855 bits per heavy atom. The highest BCUT2D eigenvalue weighted by atomic mass is 32.2. The molecule has 8 rings (SSSR count). The van der Waals surface area contributed by atoms with Gasteiger partial charge in [-0.3, -0.25) is 0 Å². The second-order valence-electron chi connectivity index (χ2n) is 16.8. The number of aromatic nitrogens is 2. The molecule has 0 radical (unpaired) electrons. The quantitative estimate of drug-likeness (QED) is 0.115. The van der Waals surface area contributed by atoms with E-state index < -0.39 is 35.6 Å². The SMILES string of the molecule is CC1(O[Si](C)(C)C(C)(C)C)Cn2ncc(S(=O)(=NC(=O)Nc3c4c(cc5c3CCC5)CCC4)NC(c3ccccc3)(c3ccccc3)c3ccccc3)c2O1. The standard InChI is InChI=1S/C44H51N5O4SSi/c1-42(2,3)55(5,6)53-43(4)30-49-40(52-43)38(29-45-49)54(51,47-41(50)46-39-36-26-16-18-31(36)28-32-19-17-27-37(32)39)48-44(33-20-10-7-11-21-33,34-22-12-8-13-23-34)35-24-14-9-15-25-35/h7-15,20-25,28-29H,16-19,26-27,30H2,1-6H3,(H2,46,47,48,50,51). The lowest BCUT2D eigenvalue weighted by atomic mass is 9.78. The van der Waals surface area contributed by atoms with Gasteiger partial charge in [0.15, 0.2) is 18.2 Å². The van der Waals surface area contributed by atoms with Gasteiger partial charge < -0.3 is 14.5 Å². The van der Waals surface area contributed by atoms with Crippen LogP contribution < -0.4 is 14.8 Å². The van der Waals surface area contributed by atoms with Crippen LogP contribution in [0.2, 0.25) is 18.1 Å². The third kappa shape index (κ3) is 6.75. The Bertz CT molecular complexity index is 2240. The molecule has 2 aliphatic carbocycles. The normalized spacial score (nSPS) is 18.9. The first-order chi connectivity index (χ1) is 26.2. The van der Waals surface area contributed by atoms with Gasteiger partial charge in [-0.05, 0) is 95.6 Å². The van der Waals surface area contributed by atoms with E-state index >= 15 is 4.21 Å². The number of hydrogen-bond donors (Lipinski definition) is 2. The van der Waals surface area contributed by atoms with Crippen molar-refractivity contribution < 1.29 is 18.2 Å². The molecule has 0 saturated heterocycles. The average Bonchev–Trinajstić information content (AvgIpc) is 3.96. The molecule has 4 aromatic carbocycles. The van der Waals surface area contributed by atoms with E-state index in [2.05, 4.69) is 50.0 Å². The molecule has 0 bridgehead atoms. The number of benzene rings is 4. The molecule has 9 nitrogen and oxygen atoms in total. The Kier molecular flexibility index (Phi) is 9.43. The van der Waals surface area contributed by atoms with E-state index in [1.165, 1.54) is 28.5 Å². The van der Waals surface area contributed by atoms with Crippen LogP contribution in [0.1, 0.15) is 79.5 Å². The highest BCUT2D eigenvalue weighted by Crippen LogP contribution is 2.45. The topological polar surface area (TPSA) is 107 Å². The first kappa shape index (κ1) is 37.4. The molecule has 0 saturated carbocycles. The van der Waals surface area contributed by atoms with E-state index in [9.17, 15) is 4.79 Å². The molecule has 0 fully saturated rings. The number of nitrogens with zero attached hydrogens (tertiary/aromatic N) is 3. The summed E-state index contributed by atoms with van der Waals surface area (Å²) < 4.78 is 39.9. The average molecular weight is 774 g/mol. The summed E-state index contributed by atoms with van der Waals surface area (Å²) >= 11 is 0. The van der Waals surface area contributed by atoms with Crippen molar-refractivity contribution in [3.63, 3.8) is 0 Å². The van der Waals surface area contributed by atoms with Gasteiger partial charge in [0, 0.05) is 12.6 Å². The number of hydrogen-bond acceptors (Lipinski definition) is 5. The lowest BCUT2D eigenvalue weighted by Gasteiger charge is -2.41. The fourth-order valence-corrected chi connectivity index (χ4v) is 11.7. The highest BCUT2D eigenvalue weighted by Gasteiger charge is 2.49. The molecule has 286 valence electrons. The maximum Gasteiger partial charge on any atom is 0.354 e. The van der Waals surface area contributed by atoms with Gasteiger partial charge in [0.25, 0.3) is 0 Å². The molecule has 11 heteroatoms. The van der Waals surface area contributed by atoms with Crippen LogP contribution in [0.25, 0.3) is 0 Å². The molecule has 1 aliphatic heterocycles. The minimum absolute atomic E-state index is 0.0755. The van der Waals surface area contributed by atoms with Gasteiger partial charge in [-0.25, -0.2) is 18.4 Å². The van der Waals surface area contributed by atoms with Crippen LogP contribution in [-0.4, -0.2) is 34.1 Å². The molecule has 2 unspecified atom stereocenters. The minimum atomic E-state index is -3.91. The first-order valence-corrected chi connectivity index (χ1v) is 23.8. The number of fused-ring (bicyclic) bond motifs is 3. The van der Waals surface area contributed by atoms with Crippen LogP contribution in [0.3, 0.4) is 0 Å². The van der Waals surface area contributed by atoms with Crippen LogP contribution >= 0.6 is 0 Å². The van der Waals surface area contributed by atoms with E-state index in [-0.39, 0.29) is 15.8 Å². The van der Waals surface area contributed by atoms with Gasteiger partial charge in [-0.15, -0.1) is 4.36 Å². The molecular formula is C44H51N5O4SSi. The molecule has 55 heavy (non-hydrogen) atoms. The third-order valence-corrected chi connectivity index (χ3v) is 18.3. The fourth-order valence-electron chi connectivity index (χ4n) is 8.31. The van der Waals surface area contributed by atoms with Gasteiger partial charge in [-0.1, -0.05) is 118 Å². The zero-order valence-electron chi connectivity index (χ0n) is 32.6. The molecule has 1 aromatic heterocycles. The summed E-state index contributed by atoms with van der Waals surface area (Å²) in [5, 5.41) is 7.81. The number of anilines is 1. The van der Waals surface area contributed by atoms with Gasteiger partial charge in [-0.2, -0.15) is 5.10 Å². The van der Waals surface area contributed by atoms with Crippen molar-refractivity contribution in [2.24, 2.45) is 4.36 Å². The summed E-state index contributed by atoms with van der Waals surface area (Å²) in [6, 6.07) is 31.3. The number of amides is 2. The summed E-state index contributed by atoms with van der Waals surface area (Å²) in [5.41, 5.74) is 7.00. The van der Waals surface area contributed by atoms with Gasteiger partial charge in [0.2, 0.25) is 11.7 Å². The predicted octanol–water partition coefficient (Wildman–Crippen LogP) is 9.55. The number of urea groups is 1. The van der Waals surface area contributed by atoms with Crippen LogP contribution in [-0.2, 0) is 52.1 Å². The Hall–Kier alpha value is -4.55. The fraction of sp³-hybridized carbons (Fsp3) is 0.364. The molecule has 0 spiro atoms. The number of carbonyl (C=O) groups excluding carboxylic acids is 1. The molecule has 2 amide bonds. The maximum atomic E-state index is 16.4. The molecule has 2 N–H and O–H groups in total. The highest BCUT2D eigenvalue weighted by molar-refractivity contribution is 7.92. The summed E-state index contributed by atoms with van der Waals surface area (Å²) in [4.78, 5) is 14.7. The van der Waals surface area contributed by atoms with Crippen LogP contribution in [0, 0.1) is 0 Å². The summed E-state index contributed by atoms with van der Waals surface area (Å²) in [5.74, 6) is -0.801. The second kappa shape index (κ2) is 13.9. The lowest BCUT2D eigenvalue weighted by molar-refractivity contribution is -0.0952. The lowest BCUT2D eigenvalue weighted by Crippen LogP contribution is -2.51.